The van der Waals surface area contributed by atoms with Crippen LogP contribution in [0.2, 0.25) is 0 Å². The van der Waals surface area contributed by atoms with E-state index in [0.717, 1.165) is 29.9 Å². The molecule has 160 valence electrons. The SMILES string of the molecule is CN(C)C(CNC(=O)CC(c1ccccc1)c1ccccc1)c1ccc2c(c1)CCO2. The molecular formula is C27H30N2O2. The van der Waals surface area contributed by atoms with E-state index in [1.807, 2.05) is 36.4 Å². The van der Waals surface area contributed by atoms with Crippen molar-refractivity contribution in [2.24, 2.45) is 0 Å². The first-order valence-corrected chi connectivity index (χ1v) is 10.9. The lowest BCUT2D eigenvalue weighted by Crippen LogP contribution is -2.35. The molecule has 1 unspecified atom stereocenters. The summed E-state index contributed by atoms with van der Waals surface area (Å²) in [6.07, 6.45) is 1.37. The number of hydrogen-bond donors (Lipinski definition) is 1. The van der Waals surface area contributed by atoms with Gasteiger partial charge in [0.15, 0.2) is 0 Å². The van der Waals surface area contributed by atoms with Gasteiger partial charge in [0.25, 0.3) is 0 Å². The molecule has 0 aliphatic carbocycles. The van der Waals surface area contributed by atoms with Crippen molar-refractivity contribution in [3.8, 4) is 5.75 Å². The van der Waals surface area contributed by atoms with Crippen LogP contribution >= 0.6 is 0 Å². The van der Waals surface area contributed by atoms with Crippen molar-refractivity contribution in [2.45, 2.75) is 24.8 Å². The molecule has 1 amide bonds. The predicted molar refractivity (Wildman–Crippen MR) is 124 cm³/mol. The van der Waals surface area contributed by atoms with Crippen molar-refractivity contribution >= 4 is 5.91 Å². The van der Waals surface area contributed by atoms with Crippen LogP contribution in [0.5, 0.6) is 5.75 Å². The first-order chi connectivity index (χ1) is 15.1. The zero-order valence-electron chi connectivity index (χ0n) is 18.3. The number of carbonyl (C=O) groups excluding carboxylic acids is 1. The zero-order valence-corrected chi connectivity index (χ0v) is 18.3. The third-order valence-corrected chi connectivity index (χ3v) is 6.01. The summed E-state index contributed by atoms with van der Waals surface area (Å²) in [4.78, 5) is 15.2. The average Bonchev–Trinajstić information content (AvgIpc) is 3.26. The summed E-state index contributed by atoms with van der Waals surface area (Å²) in [5.74, 6) is 1.09. The normalized spacial score (nSPS) is 13.7. The van der Waals surface area contributed by atoms with Gasteiger partial charge in [0.05, 0.1) is 12.6 Å². The molecule has 0 fully saturated rings. The number of carbonyl (C=O) groups is 1. The highest BCUT2D eigenvalue weighted by molar-refractivity contribution is 5.77. The minimum atomic E-state index is 0.0392. The van der Waals surface area contributed by atoms with Gasteiger partial charge >= 0.3 is 0 Å². The van der Waals surface area contributed by atoms with Gasteiger partial charge in [-0.25, -0.2) is 0 Å². The molecule has 4 rings (SSSR count). The second-order valence-corrected chi connectivity index (χ2v) is 8.33. The van der Waals surface area contributed by atoms with Gasteiger partial charge in [-0.3, -0.25) is 4.79 Å². The maximum Gasteiger partial charge on any atom is 0.221 e. The van der Waals surface area contributed by atoms with E-state index in [0.29, 0.717) is 13.0 Å². The molecule has 0 saturated carbocycles. The monoisotopic (exact) mass is 414 g/mol. The smallest absolute Gasteiger partial charge is 0.221 e. The molecule has 3 aromatic rings. The van der Waals surface area contributed by atoms with Gasteiger partial charge in [-0.15, -0.1) is 0 Å². The lowest BCUT2D eigenvalue weighted by molar-refractivity contribution is -0.121. The molecule has 0 spiro atoms. The van der Waals surface area contributed by atoms with Gasteiger partial charge in [-0.1, -0.05) is 72.8 Å². The largest absolute Gasteiger partial charge is 0.493 e. The van der Waals surface area contributed by atoms with Crippen molar-refractivity contribution in [2.75, 3.05) is 27.2 Å². The fraction of sp³-hybridized carbons (Fsp3) is 0.296. The molecule has 0 radical (unpaired) electrons. The summed E-state index contributed by atoms with van der Waals surface area (Å²) in [6.45, 7) is 1.32. The molecule has 3 aromatic carbocycles. The number of nitrogens with one attached hydrogen (secondary N) is 1. The van der Waals surface area contributed by atoms with E-state index >= 15 is 0 Å². The van der Waals surface area contributed by atoms with Crippen molar-refractivity contribution < 1.29 is 9.53 Å². The number of fused-ring (bicyclic) bond motifs is 1. The Hall–Kier alpha value is -3.11. The first kappa shape index (κ1) is 21.1. The van der Waals surface area contributed by atoms with Gasteiger partial charge < -0.3 is 15.0 Å². The average molecular weight is 415 g/mol. The highest BCUT2D eigenvalue weighted by Gasteiger charge is 2.21. The third kappa shape index (κ3) is 5.15. The van der Waals surface area contributed by atoms with E-state index in [9.17, 15) is 4.79 Å². The third-order valence-electron chi connectivity index (χ3n) is 6.01. The Labute approximate surface area is 184 Å². The van der Waals surface area contributed by atoms with Gasteiger partial charge in [-0.05, 0) is 42.4 Å². The Kier molecular flexibility index (Phi) is 6.68. The van der Waals surface area contributed by atoms with Crippen LogP contribution < -0.4 is 10.1 Å². The van der Waals surface area contributed by atoms with Crippen molar-refractivity contribution in [3.05, 3.63) is 101 Å². The predicted octanol–water partition coefficient (Wildman–Crippen LogP) is 4.56. The van der Waals surface area contributed by atoms with Crippen LogP contribution in [0.15, 0.2) is 78.9 Å². The van der Waals surface area contributed by atoms with Crippen LogP contribution in [0, 0.1) is 0 Å². The number of ether oxygens (including phenoxy) is 1. The molecule has 31 heavy (non-hydrogen) atoms. The summed E-state index contributed by atoms with van der Waals surface area (Å²) in [5.41, 5.74) is 4.78. The Morgan fingerprint density at radius 3 is 2.19 bits per heavy atom. The fourth-order valence-corrected chi connectivity index (χ4v) is 4.28. The molecule has 4 heteroatoms. The molecule has 0 saturated heterocycles. The molecule has 4 nitrogen and oxygen atoms in total. The van der Waals surface area contributed by atoms with E-state index in [-0.39, 0.29) is 17.9 Å². The highest BCUT2D eigenvalue weighted by Crippen LogP contribution is 2.30. The summed E-state index contributed by atoms with van der Waals surface area (Å²) in [7, 11) is 4.11. The van der Waals surface area contributed by atoms with Crippen LogP contribution in [-0.2, 0) is 11.2 Å². The van der Waals surface area contributed by atoms with Crippen LogP contribution in [0.3, 0.4) is 0 Å². The van der Waals surface area contributed by atoms with E-state index in [1.165, 1.54) is 11.1 Å². The molecule has 1 N–H and O–H groups in total. The molecule has 0 bridgehead atoms. The number of likely N-dealkylation sites (N-methyl/N-ethyl adjacent to an activating group) is 1. The van der Waals surface area contributed by atoms with Crippen LogP contribution in [0.1, 0.15) is 40.6 Å². The quantitative estimate of drug-likeness (QED) is 0.587. The Morgan fingerprint density at radius 1 is 0.935 bits per heavy atom. The van der Waals surface area contributed by atoms with Crippen molar-refractivity contribution in [1.29, 1.82) is 0 Å². The van der Waals surface area contributed by atoms with E-state index in [1.54, 1.807) is 0 Å². The van der Waals surface area contributed by atoms with Crippen LogP contribution in [-0.4, -0.2) is 38.1 Å². The molecule has 0 aromatic heterocycles. The molecular weight excluding hydrogens is 384 g/mol. The van der Waals surface area contributed by atoms with E-state index in [4.69, 9.17) is 4.74 Å². The van der Waals surface area contributed by atoms with E-state index < -0.39 is 0 Å². The number of benzene rings is 3. The lowest BCUT2D eigenvalue weighted by Gasteiger charge is -2.26. The topological polar surface area (TPSA) is 41.6 Å². The van der Waals surface area contributed by atoms with Gasteiger partial charge in [0.2, 0.25) is 5.91 Å². The minimum absolute atomic E-state index is 0.0392. The van der Waals surface area contributed by atoms with Crippen LogP contribution in [0.25, 0.3) is 0 Å². The Morgan fingerprint density at radius 2 is 1.58 bits per heavy atom. The van der Waals surface area contributed by atoms with Crippen molar-refractivity contribution in [3.63, 3.8) is 0 Å². The number of amides is 1. The molecule has 1 aliphatic rings. The van der Waals surface area contributed by atoms with E-state index in [2.05, 4.69) is 66.8 Å². The van der Waals surface area contributed by atoms with Gasteiger partial charge in [-0.2, -0.15) is 0 Å². The maximum absolute atomic E-state index is 13.0. The lowest BCUT2D eigenvalue weighted by atomic mass is 9.88. The second kappa shape index (κ2) is 9.80. The summed E-state index contributed by atoms with van der Waals surface area (Å²) < 4.78 is 5.64. The minimum Gasteiger partial charge on any atom is -0.493 e. The number of nitrogens with zero attached hydrogens (tertiary/aromatic N) is 1. The maximum atomic E-state index is 13.0. The summed E-state index contributed by atoms with van der Waals surface area (Å²) in [6, 6.07) is 27.0. The first-order valence-electron chi connectivity index (χ1n) is 10.9. The zero-order chi connectivity index (χ0) is 21.6. The summed E-state index contributed by atoms with van der Waals surface area (Å²) in [5, 5.41) is 3.19. The molecule has 1 aliphatic heterocycles. The van der Waals surface area contributed by atoms with Crippen molar-refractivity contribution in [1.82, 2.24) is 10.2 Å². The molecule has 1 heterocycles. The Bertz CT molecular complexity index is 963. The van der Waals surface area contributed by atoms with Gasteiger partial charge in [0, 0.05) is 25.3 Å². The number of hydrogen-bond acceptors (Lipinski definition) is 3. The standard InChI is InChI=1S/C27H30N2O2/c1-29(2)25(22-13-14-26-23(17-22)15-16-31-26)19-28-27(30)18-24(20-9-5-3-6-10-20)21-11-7-4-8-12-21/h3-14,17,24-25H,15-16,18-19H2,1-2H3,(H,28,30). The number of rotatable bonds is 8. The van der Waals surface area contributed by atoms with Crippen LogP contribution in [0.4, 0.5) is 0 Å². The highest BCUT2D eigenvalue weighted by atomic mass is 16.5. The Balaban J connectivity index is 1.46. The second-order valence-electron chi connectivity index (χ2n) is 8.33. The summed E-state index contributed by atoms with van der Waals surface area (Å²) >= 11 is 0. The molecule has 1 atom stereocenters. The van der Waals surface area contributed by atoms with Gasteiger partial charge in [0.1, 0.15) is 5.75 Å². The fourth-order valence-electron chi connectivity index (χ4n) is 4.28.